The Bertz CT molecular complexity index is 487. The second-order valence-electron chi connectivity index (χ2n) is 5.11. The zero-order valence-electron chi connectivity index (χ0n) is 10.1. The van der Waals surface area contributed by atoms with Gasteiger partial charge in [-0.3, -0.25) is 0 Å². The number of fused-ring (bicyclic) bond motifs is 1. The first-order valence-corrected chi connectivity index (χ1v) is 7.66. The predicted octanol–water partition coefficient (Wildman–Crippen LogP) is 4.04. The van der Waals surface area contributed by atoms with E-state index in [0.29, 0.717) is 11.1 Å². The summed E-state index contributed by atoms with van der Waals surface area (Å²) >= 11 is 9.45. The van der Waals surface area contributed by atoms with Crippen LogP contribution < -0.4 is 5.32 Å². The van der Waals surface area contributed by atoms with Gasteiger partial charge in [0.15, 0.2) is 0 Å². The van der Waals surface area contributed by atoms with Crippen molar-refractivity contribution in [2.24, 2.45) is 5.92 Å². The van der Waals surface area contributed by atoms with Crippen molar-refractivity contribution in [2.75, 3.05) is 6.54 Å². The van der Waals surface area contributed by atoms with Gasteiger partial charge in [0.05, 0.1) is 5.02 Å². The summed E-state index contributed by atoms with van der Waals surface area (Å²) in [5.74, 6) is 0.821. The van der Waals surface area contributed by atoms with Crippen LogP contribution in [0.4, 0.5) is 0 Å². The molecule has 0 radical (unpaired) electrons. The zero-order chi connectivity index (χ0) is 12.5. The molecule has 0 aromatic carbocycles. The maximum absolute atomic E-state index is 6.12. The van der Waals surface area contributed by atoms with Crippen molar-refractivity contribution in [1.82, 2.24) is 10.3 Å². The number of allylic oxidation sites excluding steroid dienone is 1. The molecule has 0 unspecified atom stereocenters. The molecule has 1 aromatic rings. The first-order valence-electron chi connectivity index (χ1n) is 6.49. The van der Waals surface area contributed by atoms with Crippen LogP contribution >= 0.6 is 27.5 Å². The molecule has 1 saturated heterocycles. The summed E-state index contributed by atoms with van der Waals surface area (Å²) < 4.78 is 0.720. The molecule has 2 aliphatic rings. The van der Waals surface area contributed by atoms with E-state index in [9.17, 15) is 0 Å². The van der Waals surface area contributed by atoms with Crippen LogP contribution in [0.5, 0.6) is 0 Å². The SMILES string of the molecule is Clc1cc(C2=C[C@H]3NCCC[C@H]3CC2)cnc1Br. The summed E-state index contributed by atoms with van der Waals surface area (Å²) in [7, 11) is 0. The minimum Gasteiger partial charge on any atom is -0.310 e. The Morgan fingerprint density at radius 1 is 1.39 bits per heavy atom. The van der Waals surface area contributed by atoms with E-state index in [4.69, 9.17) is 11.6 Å². The van der Waals surface area contributed by atoms with E-state index in [-0.39, 0.29) is 0 Å². The van der Waals surface area contributed by atoms with Gasteiger partial charge < -0.3 is 5.32 Å². The number of pyridine rings is 1. The lowest BCUT2D eigenvalue weighted by molar-refractivity contribution is 0.298. The van der Waals surface area contributed by atoms with Gasteiger partial charge in [-0.15, -0.1) is 0 Å². The molecule has 0 amide bonds. The fourth-order valence-corrected chi connectivity index (χ4v) is 3.36. The highest BCUT2D eigenvalue weighted by atomic mass is 79.9. The first-order chi connectivity index (χ1) is 8.74. The van der Waals surface area contributed by atoms with Gasteiger partial charge in [0.2, 0.25) is 0 Å². The third-order valence-electron chi connectivity index (χ3n) is 3.97. The van der Waals surface area contributed by atoms with Crippen LogP contribution in [0, 0.1) is 5.92 Å². The van der Waals surface area contributed by atoms with Gasteiger partial charge in [-0.05, 0) is 71.3 Å². The van der Waals surface area contributed by atoms with E-state index in [1.54, 1.807) is 0 Å². The molecular weight excluding hydrogens is 312 g/mol. The summed E-state index contributed by atoms with van der Waals surface area (Å²) in [5, 5.41) is 4.29. The fraction of sp³-hybridized carbons (Fsp3) is 0.500. The number of rotatable bonds is 1. The molecule has 96 valence electrons. The molecule has 2 heterocycles. The highest BCUT2D eigenvalue weighted by molar-refractivity contribution is 9.10. The normalized spacial score (nSPS) is 27.6. The molecule has 1 aromatic heterocycles. The monoisotopic (exact) mass is 326 g/mol. The van der Waals surface area contributed by atoms with Crippen LogP contribution in [-0.4, -0.2) is 17.6 Å². The van der Waals surface area contributed by atoms with Gasteiger partial charge in [-0.1, -0.05) is 17.7 Å². The van der Waals surface area contributed by atoms with E-state index >= 15 is 0 Å². The molecule has 4 heteroatoms. The van der Waals surface area contributed by atoms with Gasteiger partial charge in [-0.25, -0.2) is 4.98 Å². The summed E-state index contributed by atoms with van der Waals surface area (Å²) in [5.41, 5.74) is 2.54. The number of halogens is 2. The van der Waals surface area contributed by atoms with Gasteiger partial charge in [0, 0.05) is 12.2 Å². The van der Waals surface area contributed by atoms with Crippen LogP contribution in [0.1, 0.15) is 31.2 Å². The molecule has 0 spiro atoms. The lowest BCUT2D eigenvalue weighted by Crippen LogP contribution is -2.41. The summed E-state index contributed by atoms with van der Waals surface area (Å²) in [6.07, 6.45) is 9.38. The van der Waals surface area contributed by atoms with Gasteiger partial charge in [0.25, 0.3) is 0 Å². The molecule has 2 atom stereocenters. The van der Waals surface area contributed by atoms with Crippen molar-refractivity contribution in [3.63, 3.8) is 0 Å². The molecule has 0 bridgehead atoms. The Balaban J connectivity index is 1.87. The minimum absolute atomic E-state index is 0.546. The average molecular weight is 328 g/mol. The lowest BCUT2D eigenvalue weighted by atomic mass is 9.79. The number of hydrogen-bond acceptors (Lipinski definition) is 2. The smallest absolute Gasteiger partial charge is 0.124 e. The third kappa shape index (κ3) is 2.49. The average Bonchev–Trinajstić information content (AvgIpc) is 2.41. The van der Waals surface area contributed by atoms with E-state index in [1.807, 2.05) is 12.3 Å². The second kappa shape index (κ2) is 5.32. The lowest BCUT2D eigenvalue weighted by Gasteiger charge is -2.35. The van der Waals surface area contributed by atoms with Crippen molar-refractivity contribution in [3.05, 3.63) is 33.5 Å². The highest BCUT2D eigenvalue weighted by Gasteiger charge is 2.27. The maximum atomic E-state index is 6.12. The molecule has 18 heavy (non-hydrogen) atoms. The molecule has 3 rings (SSSR count). The molecule has 1 aliphatic carbocycles. The van der Waals surface area contributed by atoms with Crippen molar-refractivity contribution in [1.29, 1.82) is 0 Å². The molecule has 1 N–H and O–H groups in total. The van der Waals surface area contributed by atoms with Crippen molar-refractivity contribution in [3.8, 4) is 0 Å². The molecule has 1 aliphatic heterocycles. The van der Waals surface area contributed by atoms with Gasteiger partial charge in [0.1, 0.15) is 4.60 Å². The second-order valence-corrected chi connectivity index (χ2v) is 6.27. The van der Waals surface area contributed by atoms with E-state index in [2.05, 4.69) is 32.3 Å². The number of aromatic nitrogens is 1. The van der Waals surface area contributed by atoms with Gasteiger partial charge >= 0.3 is 0 Å². The van der Waals surface area contributed by atoms with E-state index in [1.165, 1.54) is 24.8 Å². The Hall–Kier alpha value is -0.380. The quantitative estimate of drug-likeness (QED) is 0.787. The number of nitrogens with one attached hydrogen (secondary N) is 1. The molecule has 1 fully saturated rings. The number of nitrogens with zero attached hydrogens (tertiary/aromatic N) is 1. The van der Waals surface area contributed by atoms with E-state index < -0.39 is 0 Å². The number of piperidine rings is 1. The van der Waals surface area contributed by atoms with Crippen molar-refractivity contribution < 1.29 is 0 Å². The summed E-state index contributed by atoms with van der Waals surface area (Å²) in [4.78, 5) is 4.28. The molecule has 0 saturated carbocycles. The maximum Gasteiger partial charge on any atom is 0.124 e. The third-order valence-corrected chi connectivity index (χ3v) is 5.12. The summed E-state index contributed by atoms with van der Waals surface area (Å²) in [6.45, 7) is 1.14. The topological polar surface area (TPSA) is 24.9 Å². The Kier molecular flexibility index (Phi) is 3.73. The largest absolute Gasteiger partial charge is 0.310 e. The van der Waals surface area contributed by atoms with Crippen LogP contribution in [0.25, 0.3) is 5.57 Å². The van der Waals surface area contributed by atoms with Crippen LogP contribution in [0.15, 0.2) is 22.9 Å². The van der Waals surface area contributed by atoms with Gasteiger partial charge in [-0.2, -0.15) is 0 Å². The van der Waals surface area contributed by atoms with Crippen molar-refractivity contribution in [2.45, 2.75) is 31.7 Å². The predicted molar refractivity (Wildman–Crippen MR) is 78.7 cm³/mol. The van der Waals surface area contributed by atoms with Crippen LogP contribution in [0.3, 0.4) is 0 Å². The Morgan fingerprint density at radius 2 is 2.28 bits per heavy atom. The standard InChI is InChI=1S/C14H16BrClN2/c15-14-12(16)6-11(8-18-14)10-4-3-9-2-1-5-17-13(9)7-10/h6-9,13,17H,1-5H2/t9-,13+/m0/s1. The zero-order valence-corrected chi connectivity index (χ0v) is 12.5. The fourth-order valence-electron chi connectivity index (χ4n) is 2.98. The Labute approximate surface area is 121 Å². The molecular formula is C14H16BrClN2. The first kappa shape index (κ1) is 12.6. The van der Waals surface area contributed by atoms with Crippen LogP contribution in [-0.2, 0) is 0 Å². The minimum atomic E-state index is 0.546. The van der Waals surface area contributed by atoms with Crippen molar-refractivity contribution >= 4 is 33.1 Å². The number of hydrogen-bond donors (Lipinski definition) is 1. The highest BCUT2D eigenvalue weighted by Crippen LogP contribution is 2.35. The van der Waals surface area contributed by atoms with Crippen LogP contribution in [0.2, 0.25) is 5.02 Å². The Morgan fingerprint density at radius 3 is 3.11 bits per heavy atom. The van der Waals surface area contributed by atoms with E-state index in [0.717, 1.165) is 29.1 Å². The molecule has 2 nitrogen and oxygen atoms in total. The summed E-state index contributed by atoms with van der Waals surface area (Å²) in [6, 6.07) is 2.55.